The summed E-state index contributed by atoms with van der Waals surface area (Å²) in [5, 5.41) is 1.61. The van der Waals surface area contributed by atoms with E-state index < -0.39 is 11.7 Å². The van der Waals surface area contributed by atoms with Crippen LogP contribution >= 0.6 is 23.2 Å². The zero-order valence-corrected chi connectivity index (χ0v) is 12.6. The fraction of sp³-hybridized carbons (Fsp3) is 0.125. The van der Waals surface area contributed by atoms with Crippen LogP contribution in [0.2, 0.25) is 10.0 Å². The van der Waals surface area contributed by atoms with Crippen LogP contribution in [0.5, 0.6) is 0 Å². The van der Waals surface area contributed by atoms with E-state index in [2.05, 4.69) is 11.1 Å². The molecule has 2 aromatic carbocycles. The average Bonchev–Trinajstić information content (AvgIpc) is 2.83. The molecule has 0 spiro atoms. The molecule has 0 bridgehead atoms. The Hall–Kier alpha value is -1.65. The SMILES string of the molecule is FC(F)(F)c1ccc2cc(Cc3c(Cl)[c]ccc3Cl)[nH]c2c1. The third-order valence-electron chi connectivity index (χ3n) is 3.37. The number of nitrogens with one attached hydrogen (secondary N) is 1. The van der Waals surface area contributed by atoms with E-state index in [-0.39, 0.29) is 0 Å². The van der Waals surface area contributed by atoms with Crippen molar-refractivity contribution in [1.82, 2.24) is 4.98 Å². The Kier molecular flexibility index (Phi) is 3.83. The van der Waals surface area contributed by atoms with Gasteiger partial charge in [0, 0.05) is 28.7 Å². The molecule has 0 aliphatic heterocycles. The summed E-state index contributed by atoms with van der Waals surface area (Å²) in [6, 6.07) is 11.5. The van der Waals surface area contributed by atoms with Gasteiger partial charge >= 0.3 is 6.18 Å². The summed E-state index contributed by atoms with van der Waals surface area (Å²) >= 11 is 12.2. The van der Waals surface area contributed by atoms with Gasteiger partial charge in [0.2, 0.25) is 0 Å². The predicted octanol–water partition coefficient (Wildman–Crippen LogP) is 5.88. The van der Waals surface area contributed by atoms with Crippen molar-refractivity contribution in [2.45, 2.75) is 12.6 Å². The molecule has 0 unspecified atom stereocenters. The van der Waals surface area contributed by atoms with Crippen molar-refractivity contribution < 1.29 is 13.2 Å². The summed E-state index contributed by atoms with van der Waals surface area (Å²) < 4.78 is 38.2. The van der Waals surface area contributed by atoms with Gasteiger partial charge in [-0.3, -0.25) is 0 Å². The van der Waals surface area contributed by atoms with Crippen molar-refractivity contribution in [2.24, 2.45) is 0 Å². The largest absolute Gasteiger partial charge is 0.416 e. The van der Waals surface area contributed by atoms with Crippen LogP contribution in [0.15, 0.2) is 36.4 Å². The highest BCUT2D eigenvalue weighted by Crippen LogP contribution is 2.32. The van der Waals surface area contributed by atoms with Crippen LogP contribution in [-0.4, -0.2) is 4.98 Å². The lowest BCUT2D eigenvalue weighted by Crippen LogP contribution is -2.03. The van der Waals surface area contributed by atoms with E-state index >= 15 is 0 Å². The van der Waals surface area contributed by atoms with Crippen LogP contribution in [0.25, 0.3) is 10.9 Å². The molecular formula is C16H9Cl2F3N. The molecule has 6 heteroatoms. The van der Waals surface area contributed by atoms with Crippen LogP contribution in [0.3, 0.4) is 0 Å². The summed E-state index contributed by atoms with van der Waals surface area (Å²) in [6.07, 6.45) is -3.97. The summed E-state index contributed by atoms with van der Waals surface area (Å²) in [4.78, 5) is 2.98. The highest BCUT2D eigenvalue weighted by molar-refractivity contribution is 6.35. The number of hydrogen-bond donors (Lipinski definition) is 1. The number of alkyl halides is 3. The molecule has 1 aromatic heterocycles. The van der Waals surface area contributed by atoms with E-state index in [4.69, 9.17) is 23.2 Å². The van der Waals surface area contributed by atoms with Gasteiger partial charge in [-0.25, -0.2) is 0 Å². The highest BCUT2D eigenvalue weighted by atomic mass is 35.5. The number of benzene rings is 2. The lowest BCUT2D eigenvalue weighted by molar-refractivity contribution is -0.137. The maximum atomic E-state index is 12.7. The maximum Gasteiger partial charge on any atom is 0.416 e. The van der Waals surface area contributed by atoms with Crippen LogP contribution < -0.4 is 0 Å². The van der Waals surface area contributed by atoms with Crippen molar-refractivity contribution in [3.05, 3.63) is 69.3 Å². The molecule has 0 saturated carbocycles. The number of aromatic amines is 1. The van der Waals surface area contributed by atoms with Crippen molar-refractivity contribution in [2.75, 3.05) is 0 Å². The van der Waals surface area contributed by atoms with Gasteiger partial charge in [0.25, 0.3) is 0 Å². The highest BCUT2D eigenvalue weighted by Gasteiger charge is 2.30. The molecule has 1 N–H and O–H groups in total. The molecule has 1 radical (unpaired) electrons. The molecule has 0 aliphatic rings. The first-order valence-electron chi connectivity index (χ1n) is 6.38. The van der Waals surface area contributed by atoms with E-state index in [1.54, 1.807) is 18.2 Å². The summed E-state index contributed by atoms with van der Waals surface area (Å²) in [6.45, 7) is 0. The third-order valence-corrected chi connectivity index (χ3v) is 4.06. The zero-order valence-electron chi connectivity index (χ0n) is 11.1. The molecule has 0 saturated heterocycles. The number of H-pyrrole nitrogens is 1. The van der Waals surface area contributed by atoms with Crippen LogP contribution in [0.4, 0.5) is 13.2 Å². The standard InChI is InChI=1S/C16H9Cl2F3N/c17-13-2-1-3-14(18)12(13)8-11-6-9-4-5-10(16(19,20)21)7-15(9)22-11/h1-2,4-7,22H,8H2. The second kappa shape index (κ2) is 5.52. The Balaban J connectivity index is 1.99. The fourth-order valence-corrected chi connectivity index (χ4v) is 2.80. The second-order valence-corrected chi connectivity index (χ2v) is 5.67. The molecule has 0 atom stereocenters. The van der Waals surface area contributed by atoms with Crippen molar-refractivity contribution >= 4 is 34.1 Å². The van der Waals surface area contributed by atoms with Gasteiger partial charge in [-0.2, -0.15) is 13.2 Å². The minimum atomic E-state index is -4.36. The molecule has 1 heterocycles. The molecule has 0 amide bonds. The molecular weight excluding hydrogens is 334 g/mol. The normalized spacial score (nSPS) is 12.0. The molecule has 3 rings (SSSR count). The number of rotatable bonds is 2. The quantitative estimate of drug-likeness (QED) is 0.598. The van der Waals surface area contributed by atoms with Gasteiger partial charge in [-0.15, -0.1) is 0 Å². The zero-order chi connectivity index (χ0) is 15.9. The summed E-state index contributed by atoms with van der Waals surface area (Å²) in [7, 11) is 0. The van der Waals surface area contributed by atoms with E-state index in [1.807, 2.05) is 0 Å². The Morgan fingerprint density at radius 2 is 1.86 bits per heavy atom. The van der Waals surface area contributed by atoms with E-state index in [0.717, 1.165) is 17.8 Å². The van der Waals surface area contributed by atoms with Gasteiger partial charge in [-0.05, 0) is 35.2 Å². The first-order chi connectivity index (χ1) is 10.3. The Morgan fingerprint density at radius 1 is 1.09 bits per heavy atom. The number of aromatic nitrogens is 1. The average molecular weight is 343 g/mol. The Labute approximate surface area is 134 Å². The number of hydrogen-bond acceptors (Lipinski definition) is 0. The monoisotopic (exact) mass is 342 g/mol. The van der Waals surface area contributed by atoms with Gasteiger partial charge in [0.15, 0.2) is 0 Å². The summed E-state index contributed by atoms with van der Waals surface area (Å²) in [5.74, 6) is 0. The smallest absolute Gasteiger partial charge is 0.358 e. The number of fused-ring (bicyclic) bond motifs is 1. The van der Waals surface area contributed by atoms with Gasteiger partial charge in [0.1, 0.15) is 0 Å². The minimum absolute atomic E-state index is 0.394. The molecule has 0 aliphatic carbocycles. The van der Waals surface area contributed by atoms with Crippen LogP contribution in [0.1, 0.15) is 16.8 Å². The van der Waals surface area contributed by atoms with Crippen LogP contribution in [-0.2, 0) is 12.6 Å². The molecule has 3 aromatic rings. The first-order valence-corrected chi connectivity index (χ1v) is 7.13. The van der Waals surface area contributed by atoms with Crippen LogP contribution in [0, 0.1) is 6.07 Å². The van der Waals surface area contributed by atoms with E-state index in [1.165, 1.54) is 6.07 Å². The molecule has 113 valence electrons. The Bertz CT molecular complexity index is 817. The van der Waals surface area contributed by atoms with Gasteiger partial charge in [0.05, 0.1) is 10.6 Å². The fourth-order valence-electron chi connectivity index (χ4n) is 2.29. The molecule has 0 fully saturated rings. The third kappa shape index (κ3) is 2.94. The van der Waals surface area contributed by atoms with E-state index in [9.17, 15) is 13.2 Å². The molecule has 1 nitrogen and oxygen atoms in total. The second-order valence-electron chi connectivity index (χ2n) is 4.89. The van der Waals surface area contributed by atoms with Gasteiger partial charge < -0.3 is 4.98 Å². The summed E-state index contributed by atoms with van der Waals surface area (Å²) in [5.41, 5.74) is 1.17. The van der Waals surface area contributed by atoms with Crippen molar-refractivity contribution in [3.8, 4) is 0 Å². The van der Waals surface area contributed by atoms with Gasteiger partial charge in [-0.1, -0.05) is 35.3 Å². The topological polar surface area (TPSA) is 15.8 Å². The Morgan fingerprint density at radius 3 is 2.55 bits per heavy atom. The minimum Gasteiger partial charge on any atom is -0.358 e. The molecule has 22 heavy (non-hydrogen) atoms. The number of halogens is 5. The maximum absolute atomic E-state index is 12.7. The lowest BCUT2D eigenvalue weighted by atomic mass is 10.1. The van der Waals surface area contributed by atoms with E-state index in [0.29, 0.717) is 32.9 Å². The predicted molar refractivity (Wildman–Crippen MR) is 81.4 cm³/mol. The first kappa shape index (κ1) is 15.3. The lowest BCUT2D eigenvalue weighted by Gasteiger charge is -2.05. The van der Waals surface area contributed by atoms with Crippen molar-refractivity contribution in [3.63, 3.8) is 0 Å². The van der Waals surface area contributed by atoms with Crippen molar-refractivity contribution in [1.29, 1.82) is 0 Å².